The van der Waals surface area contributed by atoms with Crippen LogP contribution in [0.5, 0.6) is 0 Å². The first-order chi connectivity index (χ1) is 11.9. The third-order valence-electron chi connectivity index (χ3n) is 4.35. The number of rotatable bonds is 2. The van der Waals surface area contributed by atoms with E-state index in [0.717, 1.165) is 0 Å². The molecular formula is C18H10N2O5. The van der Waals surface area contributed by atoms with Crippen LogP contribution in [-0.2, 0) is 0 Å². The van der Waals surface area contributed by atoms with Crippen molar-refractivity contribution in [3.8, 4) is 0 Å². The van der Waals surface area contributed by atoms with Gasteiger partial charge in [-0.3, -0.25) is 24.5 Å². The van der Waals surface area contributed by atoms with Gasteiger partial charge in [0, 0.05) is 17.8 Å². The van der Waals surface area contributed by atoms with Gasteiger partial charge in [0.2, 0.25) is 11.6 Å². The molecule has 1 aromatic carbocycles. The van der Waals surface area contributed by atoms with Crippen molar-refractivity contribution in [3.63, 3.8) is 0 Å². The second-order valence-electron chi connectivity index (χ2n) is 5.73. The number of aromatic nitrogens is 1. The van der Waals surface area contributed by atoms with Crippen molar-refractivity contribution in [2.45, 2.75) is 6.92 Å². The van der Waals surface area contributed by atoms with Crippen LogP contribution in [0.15, 0.2) is 42.6 Å². The number of pyridine rings is 1. The van der Waals surface area contributed by atoms with Crippen molar-refractivity contribution in [1.82, 2.24) is 4.40 Å². The zero-order chi connectivity index (χ0) is 17.9. The van der Waals surface area contributed by atoms with Gasteiger partial charge in [0.1, 0.15) is 11.3 Å². The highest BCUT2D eigenvalue weighted by atomic mass is 16.6. The molecular weight excluding hydrogens is 324 g/mol. The van der Waals surface area contributed by atoms with E-state index in [2.05, 4.69) is 0 Å². The normalized spacial score (nSPS) is 12.8. The molecule has 1 aliphatic rings. The quantitative estimate of drug-likeness (QED) is 0.319. The number of carbonyl (C=O) groups is 3. The summed E-state index contributed by atoms with van der Waals surface area (Å²) in [6, 6.07) is 8.94. The Morgan fingerprint density at radius 3 is 2.48 bits per heavy atom. The van der Waals surface area contributed by atoms with Crippen LogP contribution < -0.4 is 0 Å². The molecule has 0 aliphatic heterocycles. The zero-order valence-electron chi connectivity index (χ0n) is 13.0. The summed E-state index contributed by atoms with van der Waals surface area (Å²) in [5, 5.41) is 11.3. The van der Waals surface area contributed by atoms with Crippen molar-refractivity contribution >= 4 is 28.6 Å². The zero-order valence-corrected chi connectivity index (χ0v) is 13.0. The molecule has 0 saturated heterocycles. The Labute approximate surface area is 140 Å². The second-order valence-corrected chi connectivity index (χ2v) is 5.73. The summed E-state index contributed by atoms with van der Waals surface area (Å²) in [4.78, 5) is 48.8. The highest BCUT2D eigenvalue weighted by Gasteiger charge is 2.40. The van der Waals surface area contributed by atoms with E-state index < -0.39 is 22.2 Å². The van der Waals surface area contributed by atoms with Crippen LogP contribution in [-0.4, -0.2) is 26.7 Å². The molecule has 0 atom stereocenters. The molecule has 0 fully saturated rings. The van der Waals surface area contributed by atoms with Crippen molar-refractivity contribution in [1.29, 1.82) is 0 Å². The van der Waals surface area contributed by atoms with E-state index in [9.17, 15) is 24.5 Å². The van der Waals surface area contributed by atoms with E-state index in [0.29, 0.717) is 5.52 Å². The molecule has 2 heterocycles. The van der Waals surface area contributed by atoms with E-state index in [1.54, 1.807) is 24.4 Å². The lowest BCUT2D eigenvalue weighted by atomic mass is 9.84. The number of ketones is 3. The Morgan fingerprint density at radius 1 is 1.04 bits per heavy atom. The van der Waals surface area contributed by atoms with Gasteiger partial charge in [-0.2, -0.15) is 0 Å². The van der Waals surface area contributed by atoms with Crippen LogP contribution in [0.2, 0.25) is 0 Å². The molecule has 0 saturated carbocycles. The third kappa shape index (κ3) is 1.83. The fourth-order valence-electron chi connectivity index (χ4n) is 3.38. The molecule has 4 rings (SSSR count). The van der Waals surface area contributed by atoms with Crippen LogP contribution in [0.4, 0.5) is 5.69 Å². The third-order valence-corrected chi connectivity index (χ3v) is 4.35. The summed E-state index contributed by atoms with van der Waals surface area (Å²) >= 11 is 0. The molecule has 122 valence electrons. The molecule has 7 nitrogen and oxygen atoms in total. The average Bonchev–Trinajstić information content (AvgIpc) is 2.94. The lowest BCUT2D eigenvalue weighted by molar-refractivity contribution is -0.385. The van der Waals surface area contributed by atoms with E-state index in [4.69, 9.17) is 0 Å². The monoisotopic (exact) mass is 334 g/mol. The second kappa shape index (κ2) is 4.94. The number of fused-ring (bicyclic) bond motifs is 4. The summed E-state index contributed by atoms with van der Waals surface area (Å²) in [6.07, 6.45) is 1.59. The number of hydrogen-bond acceptors (Lipinski definition) is 5. The Kier molecular flexibility index (Phi) is 2.95. The number of nitro groups is 1. The SMILES string of the molecule is CC(=O)c1c2c(n3ccccc13)C(=O)c1cccc([N+](=O)[O-])c1C2=O. The van der Waals surface area contributed by atoms with Crippen LogP contribution in [0.25, 0.3) is 5.52 Å². The predicted molar refractivity (Wildman–Crippen MR) is 87.4 cm³/mol. The minimum absolute atomic E-state index is 0.0231. The molecule has 0 bridgehead atoms. The van der Waals surface area contributed by atoms with Crippen molar-refractivity contribution in [2.75, 3.05) is 0 Å². The smallest absolute Gasteiger partial charge is 0.281 e. The average molecular weight is 334 g/mol. The Bertz CT molecular complexity index is 1140. The summed E-state index contributed by atoms with van der Waals surface area (Å²) in [6.45, 7) is 1.30. The molecule has 3 aromatic rings. The molecule has 7 heteroatoms. The first-order valence-electron chi connectivity index (χ1n) is 7.44. The number of Topliss-reactive ketones (excluding diaryl/α,β-unsaturated/α-hetero) is 1. The van der Waals surface area contributed by atoms with Gasteiger partial charge in [-0.05, 0) is 25.1 Å². The van der Waals surface area contributed by atoms with E-state index in [1.807, 2.05) is 0 Å². The number of nitro benzene ring substituents is 1. The largest absolute Gasteiger partial charge is 0.312 e. The molecule has 0 unspecified atom stereocenters. The predicted octanol–water partition coefficient (Wildman–Crippen LogP) is 2.83. The maximum atomic E-state index is 13.1. The minimum Gasteiger partial charge on any atom is -0.312 e. The number of benzene rings is 1. The van der Waals surface area contributed by atoms with E-state index in [1.165, 1.54) is 29.5 Å². The first-order valence-corrected chi connectivity index (χ1v) is 7.44. The van der Waals surface area contributed by atoms with Crippen LogP contribution >= 0.6 is 0 Å². The Hall–Kier alpha value is -3.61. The van der Waals surface area contributed by atoms with Gasteiger partial charge in [-0.1, -0.05) is 12.1 Å². The van der Waals surface area contributed by atoms with Gasteiger partial charge in [-0.15, -0.1) is 0 Å². The minimum atomic E-state index is -0.696. The molecule has 1 aliphatic carbocycles. The molecule has 0 amide bonds. The maximum absolute atomic E-state index is 13.1. The highest BCUT2D eigenvalue weighted by molar-refractivity contribution is 6.33. The molecule has 0 N–H and O–H groups in total. The number of carbonyl (C=O) groups excluding carboxylic acids is 3. The summed E-state index contributed by atoms with van der Waals surface area (Å²) in [5.74, 6) is -1.57. The summed E-state index contributed by atoms with van der Waals surface area (Å²) < 4.78 is 1.49. The van der Waals surface area contributed by atoms with Gasteiger partial charge in [-0.25, -0.2) is 0 Å². The lowest BCUT2D eigenvalue weighted by Crippen LogP contribution is -2.23. The maximum Gasteiger partial charge on any atom is 0.281 e. The van der Waals surface area contributed by atoms with Crippen molar-refractivity contribution in [3.05, 3.63) is 80.7 Å². The van der Waals surface area contributed by atoms with Crippen LogP contribution in [0.3, 0.4) is 0 Å². The lowest BCUT2D eigenvalue weighted by Gasteiger charge is -2.15. The number of nitrogens with zero attached hydrogens (tertiary/aromatic N) is 2. The Morgan fingerprint density at radius 2 is 1.80 bits per heavy atom. The van der Waals surface area contributed by atoms with Crippen LogP contribution in [0.1, 0.15) is 49.3 Å². The van der Waals surface area contributed by atoms with Gasteiger partial charge in [0.25, 0.3) is 5.69 Å². The molecule has 2 aromatic heterocycles. The molecule has 0 radical (unpaired) electrons. The van der Waals surface area contributed by atoms with Gasteiger partial charge < -0.3 is 4.40 Å². The van der Waals surface area contributed by atoms with Crippen molar-refractivity contribution < 1.29 is 19.3 Å². The molecule has 0 spiro atoms. The fourth-order valence-corrected chi connectivity index (χ4v) is 3.38. The topological polar surface area (TPSA) is 98.8 Å². The summed E-state index contributed by atoms with van der Waals surface area (Å²) in [5.41, 5.74) is -0.182. The molecule has 25 heavy (non-hydrogen) atoms. The standard InChI is InChI=1S/C18H10N2O5/c1-9(21)13-11-6-2-3-8-19(11)16-15(13)18(23)14-10(17(16)22)5-4-7-12(14)20(24)25/h2-8H,1H3. The number of hydrogen-bond donors (Lipinski definition) is 0. The van der Waals surface area contributed by atoms with Gasteiger partial charge in [0.15, 0.2) is 5.78 Å². The fraction of sp³-hybridized carbons (Fsp3) is 0.0556. The summed E-state index contributed by atoms with van der Waals surface area (Å²) in [7, 11) is 0. The first kappa shape index (κ1) is 14.9. The highest BCUT2D eigenvalue weighted by Crippen LogP contribution is 2.37. The van der Waals surface area contributed by atoms with E-state index >= 15 is 0 Å². The van der Waals surface area contributed by atoms with Crippen molar-refractivity contribution in [2.24, 2.45) is 0 Å². The van der Waals surface area contributed by atoms with Crippen LogP contribution in [0, 0.1) is 10.1 Å². The van der Waals surface area contributed by atoms with Gasteiger partial charge >= 0.3 is 0 Å². The van der Waals surface area contributed by atoms with Gasteiger partial charge in [0.05, 0.1) is 21.6 Å². The Balaban J connectivity index is 2.18. The van der Waals surface area contributed by atoms with E-state index in [-0.39, 0.29) is 33.7 Å².